The van der Waals surface area contributed by atoms with Crippen LogP contribution in [0.3, 0.4) is 0 Å². The van der Waals surface area contributed by atoms with Crippen LogP contribution in [0.15, 0.2) is 23.8 Å². The van der Waals surface area contributed by atoms with Crippen LogP contribution in [0.25, 0.3) is 6.08 Å². The van der Waals surface area contributed by atoms with Crippen molar-refractivity contribution in [2.75, 3.05) is 0 Å². The molecular weight excluding hydrogens is 242 g/mol. The fourth-order valence-corrected chi connectivity index (χ4v) is 1.83. The number of nitrogens with zero attached hydrogens (tertiary/aromatic N) is 1. The van der Waals surface area contributed by atoms with E-state index in [1.165, 1.54) is 6.07 Å². The number of carbonyl (C=O) groups is 1. The standard InChI is InChI=1S/C15H19NO3/c1-10(2)13(9-17)7-12-5-6-14(11(3)4)15(8-12)16(18)19/h5-11H,1-4H3. The molecule has 0 aliphatic rings. The first-order chi connectivity index (χ1) is 8.86. The highest BCUT2D eigenvalue weighted by atomic mass is 16.6. The number of benzene rings is 1. The van der Waals surface area contributed by atoms with Gasteiger partial charge in [0.25, 0.3) is 5.69 Å². The lowest BCUT2D eigenvalue weighted by molar-refractivity contribution is -0.385. The Morgan fingerprint density at radius 2 is 1.89 bits per heavy atom. The van der Waals surface area contributed by atoms with Crippen LogP contribution in [0, 0.1) is 16.0 Å². The number of rotatable bonds is 5. The Kier molecular flexibility index (Phi) is 4.98. The Labute approximate surface area is 113 Å². The molecule has 0 fully saturated rings. The van der Waals surface area contributed by atoms with Crippen LogP contribution in [-0.4, -0.2) is 11.2 Å². The molecule has 0 bridgehead atoms. The van der Waals surface area contributed by atoms with E-state index in [0.29, 0.717) is 16.7 Å². The average molecular weight is 261 g/mol. The summed E-state index contributed by atoms with van der Waals surface area (Å²) in [7, 11) is 0. The summed E-state index contributed by atoms with van der Waals surface area (Å²) in [6.07, 6.45) is 2.50. The third kappa shape index (κ3) is 3.74. The number of nitro groups is 1. The zero-order valence-electron chi connectivity index (χ0n) is 11.7. The maximum atomic E-state index is 11.1. The Hall–Kier alpha value is -1.97. The maximum Gasteiger partial charge on any atom is 0.273 e. The van der Waals surface area contributed by atoms with Gasteiger partial charge in [0.05, 0.1) is 4.92 Å². The van der Waals surface area contributed by atoms with Crippen LogP contribution in [0.1, 0.15) is 44.7 Å². The Morgan fingerprint density at radius 3 is 2.32 bits per heavy atom. The molecule has 0 amide bonds. The van der Waals surface area contributed by atoms with Crippen molar-refractivity contribution in [3.63, 3.8) is 0 Å². The fraction of sp³-hybridized carbons (Fsp3) is 0.400. The molecular formula is C15H19NO3. The van der Waals surface area contributed by atoms with Crippen LogP contribution >= 0.6 is 0 Å². The van der Waals surface area contributed by atoms with E-state index in [9.17, 15) is 14.9 Å². The molecule has 0 heterocycles. The topological polar surface area (TPSA) is 60.2 Å². The molecule has 1 aromatic carbocycles. The van der Waals surface area contributed by atoms with Crippen molar-refractivity contribution < 1.29 is 9.72 Å². The largest absolute Gasteiger partial charge is 0.298 e. The molecule has 4 nitrogen and oxygen atoms in total. The van der Waals surface area contributed by atoms with Crippen molar-refractivity contribution in [3.8, 4) is 0 Å². The minimum absolute atomic E-state index is 0.0917. The number of nitro benzene ring substituents is 1. The summed E-state index contributed by atoms with van der Waals surface area (Å²) in [5.74, 6) is 0.190. The molecule has 0 spiro atoms. The molecule has 102 valence electrons. The summed E-state index contributed by atoms with van der Waals surface area (Å²) in [5, 5.41) is 11.1. The Balaban J connectivity index is 3.30. The zero-order valence-corrected chi connectivity index (χ0v) is 11.7. The van der Waals surface area contributed by atoms with Gasteiger partial charge in [-0.15, -0.1) is 0 Å². The fourth-order valence-electron chi connectivity index (χ4n) is 1.83. The molecule has 0 atom stereocenters. The minimum atomic E-state index is -0.372. The van der Waals surface area contributed by atoms with Crippen molar-refractivity contribution in [1.82, 2.24) is 0 Å². The number of hydrogen-bond acceptors (Lipinski definition) is 3. The zero-order chi connectivity index (χ0) is 14.6. The molecule has 1 aromatic rings. The lowest BCUT2D eigenvalue weighted by Crippen LogP contribution is -1.99. The Morgan fingerprint density at radius 1 is 1.26 bits per heavy atom. The average Bonchev–Trinajstić information content (AvgIpc) is 2.34. The molecule has 0 aromatic heterocycles. The summed E-state index contributed by atoms with van der Waals surface area (Å²) in [4.78, 5) is 21.7. The molecule has 0 N–H and O–H groups in total. The molecule has 0 aliphatic carbocycles. The van der Waals surface area contributed by atoms with Gasteiger partial charge in [0, 0.05) is 11.6 Å². The van der Waals surface area contributed by atoms with Crippen molar-refractivity contribution >= 4 is 18.0 Å². The van der Waals surface area contributed by atoms with Gasteiger partial charge in [0.2, 0.25) is 0 Å². The number of aldehydes is 1. The van der Waals surface area contributed by atoms with E-state index in [4.69, 9.17) is 0 Å². The van der Waals surface area contributed by atoms with E-state index in [2.05, 4.69) is 0 Å². The SMILES string of the molecule is CC(C)C(C=O)=Cc1ccc(C(C)C)c([N+](=O)[O-])c1. The molecule has 1 rings (SSSR count). The normalized spacial score (nSPS) is 12.0. The molecule has 0 radical (unpaired) electrons. The van der Waals surface area contributed by atoms with Gasteiger partial charge < -0.3 is 0 Å². The highest BCUT2D eigenvalue weighted by molar-refractivity contribution is 5.82. The van der Waals surface area contributed by atoms with E-state index in [-0.39, 0.29) is 22.4 Å². The molecule has 0 unspecified atom stereocenters. The summed E-state index contributed by atoms with van der Waals surface area (Å²) in [6, 6.07) is 5.10. The minimum Gasteiger partial charge on any atom is -0.298 e. The highest BCUT2D eigenvalue weighted by Crippen LogP contribution is 2.28. The predicted molar refractivity (Wildman–Crippen MR) is 76.1 cm³/mol. The second-order valence-corrected chi connectivity index (χ2v) is 5.15. The van der Waals surface area contributed by atoms with E-state index in [1.54, 1.807) is 12.1 Å². The van der Waals surface area contributed by atoms with Gasteiger partial charge in [-0.25, -0.2) is 0 Å². The first-order valence-electron chi connectivity index (χ1n) is 6.32. The summed E-state index contributed by atoms with van der Waals surface area (Å²) < 4.78 is 0. The number of carbonyl (C=O) groups excluding carboxylic acids is 1. The summed E-state index contributed by atoms with van der Waals surface area (Å²) >= 11 is 0. The first kappa shape index (κ1) is 15.1. The van der Waals surface area contributed by atoms with Crippen LogP contribution < -0.4 is 0 Å². The quantitative estimate of drug-likeness (QED) is 0.349. The van der Waals surface area contributed by atoms with Crippen molar-refractivity contribution in [1.29, 1.82) is 0 Å². The summed E-state index contributed by atoms with van der Waals surface area (Å²) in [5.41, 5.74) is 2.13. The van der Waals surface area contributed by atoms with E-state index < -0.39 is 0 Å². The van der Waals surface area contributed by atoms with Crippen LogP contribution in [0.5, 0.6) is 0 Å². The second kappa shape index (κ2) is 6.27. The number of allylic oxidation sites excluding steroid dienone is 1. The summed E-state index contributed by atoms with van der Waals surface area (Å²) in [6.45, 7) is 7.67. The molecule has 0 saturated carbocycles. The van der Waals surface area contributed by atoms with Gasteiger partial charge >= 0.3 is 0 Å². The van der Waals surface area contributed by atoms with E-state index in [1.807, 2.05) is 33.8 Å². The van der Waals surface area contributed by atoms with Gasteiger partial charge in [-0.3, -0.25) is 14.9 Å². The molecule has 0 aliphatic heterocycles. The van der Waals surface area contributed by atoms with Crippen LogP contribution in [-0.2, 0) is 4.79 Å². The van der Waals surface area contributed by atoms with E-state index >= 15 is 0 Å². The predicted octanol–water partition coefficient (Wildman–Crippen LogP) is 3.96. The number of hydrogen-bond donors (Lipinski definition) is 0. The lowest BCUT2D eigenvalue weighted by atomic mass is 9.97. The monoisotopic (exact) mass is 261 g/mol. The van der Waals surface area contributed by atoms with Gasteiger partial charge in [-0.2, -0.15) is 0 Å². The van der Waals surface area contributed by atoms with E-state index in [0.717, 1.165) is 6.29 Å². The van der Waals surface area contributed by atoms with Crippen LogP contribution in [0.4, 0.5) is 5.69 Å². The van der Waals surface area contributed by atoms with Gasteiger partial charge in [-0.05, 0) is 29.0 Å². The molecule has 0 saturated heterocycles. The third-order valence-corrected chi connectivity index (χ3v) is 3.01. The molecule has 4 heteroatoms. The smallest absolute Gasteiger partial charge is 0.273 e. The van der Waals surface area contributed by atoms with Gasteiger partial charge in [0.1, 0.15) is 6.29 Å². The van der Waals surface area contributed by atoms with Crippen molar-refractivity contribution in [3.05, 3.63) is 45.0 Å². The molecule has 19 heavy (non-hydrogen) atoms. The first-order valence-corrected chi connectivity index (χ1v) is 6.32. The second-order valence-electron chi connectivity index (χ2n) is 5.15. The van der Waals surface area contributed by atoms with Gasteiger partial charge in [0.15, 0.2) is 0 Å². The Bertz CT molecular complexity index is 516. The highest BCUT2D eigenvalue weighted by Gasteiger charge is 2.16. The van der Waals surface area contributed by atoms with Gasteiger partial charge in [-0.1, -0.05) is 39.8 Å². The maximum absolute atomic E-state index is 11.1. The van der Waals surface area contributed by atoms with Crippen molar-refractivity contribution in [2.24, 2.45) is 5.92 Å². The third-order valence-electron chi connectivity index (χ3n) is 3.01. The lowest BCUT2D eigenvalue weighted by Gasteiger charge is -2.08. The van der Waals surface area contributed by atoms with Crippen molar-refractivity contribution in [2.45, 2.75) is 33.6 Å². The van der Waals surface area contributed by atoms with Crippen LogP contribution in [0.2, 0.25) is 0 Å².